The normalized spacial score (nSPS) is 19.5. The summed E-state index contributed by atoms with van der Waals surface area (Å²) in [7, 11) is 0. The molecule has 0 unspecified atom stereocenters. The van der Waals surface area contributed by atoms with Crippen molar-refractivity contribution in [1.82, 2.24) is 15.0 Å². The minimum Gasteiger partial charge on any atom is -0.465 e. The van der Waals surface area contributed by atoms with Crippen LogP contribution in [0.2, 0.25) is 0 Å². The summed E-state index contributed by atoms with van der Waals surface area (Å²) in [6.07, 6.45) is 5.69. The zero-order chi connectivity index (χ0) is 27.5. The van der Waals surface area contributed by atoms with Crippen LogP contribution in [0.3, 0.4) is 0 Å². The molecule has 2 aromatic heterocycles. The molecule has 2 saturated heterocycles. The maximum Gasteiger partial charge on any atom is 0.317 e. The highest BCUT2D eigenvalue weighted by atomic mass is 32.2. The molecule has 1 spiro atoms. The molecule has 10 nitrogen and oxygen atoms in total. The van der Waals surface area contributed by atoms with E-state index in [4.69, 9.17) is 9.72 Å². The Morgan fingerprint density at radius 1 is 1.00 bits per heavy atom. The molecular formula is C26H33F2N7O3S. The summed E-state index contributed by atoms with van der Waals surface area (Å²) in [5.74, 6) is -1.57. The molecule has 13 heteroatoms. The van der Waals surface area contributed by atoms with E-state index in [-0.39, 0.29) is 43.6 Å². The number of hydrogen-bond donors (Lipinski definition) is 2. The average Bonchev–Trinajstić information content (AvgIpc) is 3.68. The van der Waals surface area contributed by atoms with Crippen molar-refractivity contribution in [3.63, 3.8) is 0 Å². The monoisotopic (exact) mass is 561 g/mol. The number of nitrogens with zero attached hydrogens (tertiary/aromatic N) is 5. The molecule has 2 aliphatic heterocycles. The second kappa shape index (κ2) is 11.5. The van der Waals surface area contributed by atoms with Gasteiger partial charge in [-0.1, -0.05) is 0 Å². The van der Waals surface area contributed by atoms with Crippen LogP contribution >= 0.6 is 11.9 Å². The van der Waals surface area contributed by atoms with Gasteiger partial charge in [0.1, 0.15) is 23.2 Å². The first-order valence-electron chi connectivity index (χ1n) is 13.3. The van der Waals surface area contributed by atoms with Crippen molar-refractivity contribution in [2.75, 3.05) is 58.4 Å². The number of amides is 1. The first-order chi connectivity index (χ1) is 18.8. The Balaban J connectivity index is 1.30. The molecule has 0 radical (unpaired) electrons. The number of ether oxygens (including phenoxy) is 1. The first kappa shape index (κ1) is 27.4. The van der Waals surface area contributed by atoms with E-state index in [0.29, 0.717) is 35.0 Å². The van der Waals surface area contributed by atoms with Crippen LogP contribution in [0.4, 0.5) is 32.2 Å². The number of rotatable bonds is 9. The second-order valence-electron chi connectivity index (χ2n) is 10.3. The maximum absolute atomic E-state index is 13.6. The van der Waals surface area contributed by atoms with Crippen LogP contribution in [-0.4, -0.2) is 71.3 Å². The molecule has 1 saturated carbocycles. The number of anilines is 4. The van der Waals surface area contributed by atoms with Crippen LogP contribution in [0.5, 0.6) is 0 Å². The third-order valence-corrected chi connectivity index (χ3v) is 8.29. The SMILES string of the molecule is CCOC(=O)CSNc1ccc(C(=O)Nc2nccc(N3CCC(F)(F)CC3)n2)c(N2CCC3(CC2)CC3)n1. The molecule has 0 aromatic carbocycles. The predicted molar refractivity (Wildman–Crippen MR) is 146 cm³/mol. The molecule has 210 valence electrons. The van der Waals surface area contributed by atoms with Gasteiger partial charge in [0.15, 0.2) is 0 Å². The predicted octanol–water partition coefficient (Wildman–Crippen LogP) is 4.36. The molecule has 0 atom stereocenters. The van der Waals surface area contributed by atoms with Gasteiger partial charge in [-0.05, 0) is 68.2 Å². The van der Waals surface area contributed by atoms with Gasteiger partial charge < -0.3 is 19.3 Å². The maximum atomic E-state index is 13.6. The van der Waals surface area contributed by atoms with Crippen LogP contribution in [0.1, 0.15) is 55.8 Å². The summed E-state index contributed by atoms with van der Waals surface area (Å²) in [6.45, 7) is 4.06. The molecule has 3 aliphatic rings. The van der Waals surface area contributed by atoms with Crippen molar-refractivity contribution in [3.8, 4) is 0 Å². The molecule has 5 rings (SSSR count). The lowest BCUT2D eigenvalue weighted by Gasteiger charge is -2.34. The molecule has 0 bridgehead atoms. The molecule has 2 N–H and O–H groups in total. The first-order valence-corrected chi connectivity index (χ1v) is 14.3. The largest absolute Gasteiger partial charge is 0.465 e. The summed E-state index contributed by atoms with van der Waals surface area (Å²) in [4.78, 5) is 42.3. The van der Waals surface area contributed by atoms with E-state index in [1.54, 1.807) is 30.0 Å². The lowest BCUT2D eigenvalue weighted by molar-refractivity contribution is -0.139. The van der Waals surface area contributed by atoms with Crippen molar-refractivity contribution < 1.29 is 23.1 Å². The average molecular weight is 562 g/mol. The minimum absolute atomic E-state index is 0.101. The zero-order valence-corrected chi connectivity index (χ0v) is 22.7. The standard InChI is InChI=1S/C26H33F2N7O3S/c1-2-38-21(36)17-39-33-19-4-3-18(22(30-19)35-13-8-25(6-7-25)9-14-35)23(37)32-24-29-12-5-20(31-24)34-15-10-26(27,28)11-16-34/h3-5,12H,2,6-11,13-17H2,1H3,(H,30,33)(H,29,31,32,37). The topological polar surface area (TPSA) is 113 Å². The Kier molecular flexibility index (Phi) is 8.06. The number of aromatic nitrogens is 3. The highest BCUT2D eigenvalue weighted by Gasteiger charge is 2.45. The summed E-state index contributed by atoms with van der Waals surface area (Å²) in [5, 5.41) is 2.76. The van der Waals surface area contributed by atoms with E-state index < -0.39 is 11.8 Å². The summed E-state index contributed by atoms with van der Waals surface area (Å²) < 4.78 is 35.2. The van der Waals surface area contributed by atoms with E-state index >= 15 is 0 Å². The minimum atomic E-state index is -2.66. The van der Waals surface area contributed by atoms with E-state index in [2.05, 4.69) is 24.9 Å². The van der Waals surface area contributed by atoms with Crippen molar-refractivity contribution in [1.29, 1.82) is 0 Å². The number of hydrogen-bond acceptors (Lipinski definition) is 10. The fraction of sp³-hybridized carbons (Fsp3) is 0.577. The number of halogens is 2. The number of pyridine rings is 1. The third kappa shape index (κ3) is 6.87. The van der Waals surface area contributed by atoms with E-state index in [1.165, 1.54) is 31.0 Å². The second-order valence-corrected chi connectivity index (χ2v) is 11.1. The Morgan fingerprint density at radius 2 is 1.72 bits per heavy atom. The molecule has 2 aromatic rings. The van der Waals surface area contributed by atoms with E-state index in [9.17, 15) is 18.4 Å². The zero-order valence-electron chi connectivity index (χ0n) is 21.9. The quantitative estimate of drug-likeness (QED) is 0.338. The summed E-state index contributed by atoms with van der Waals surface area (Å²) in [5.41, 5.74) is 0.839. The van der Waals surface area contributed by atoms with Gasteiger partial charge in [-0.3, -0.25) is 14.9 Å². The third-order valence-electron chi connectivity index (χ3n) is 7.56. The Hall–Kier alpha value is -3.22. The van der Waals surface area contributed by atoms with E-state index in [0.717, 1.165) is 25.9 Å². The summed E-state index contributed by atoms with van der Waals surface area (Å²) >= 11 is 1.17. The number of piperidine rings is 2. The number of nitrogens with one attached hydrogen (secondary N) is 2. The highest BCUT2D eigenvalue weighted by molar-refractivity contribution is 8.01. The van der Waals surface area contributed by atoms with Gasteiger partial charge in [0.05, 0.1) is 12.2 Å². The fourth-order valence-corrected chi connectivity index (χ4v) is 5.52. The van der Waals surface area contributed by atoms with Crippen LogP contribution in [-0.2, 0) is 9.53 Å². The number of carbonyl (C=O) groups is 2. The molecule has 1 amide bonds. The van der Waals surface area contributed by atoms with Crippen LogP contribution < -0.4 is 19.8 Å². The Labute approximate surface area is 230 Å². The van der Waals surface area contributed by atoms with Crippen LogP contribution in [0.15, 0.2) is 24.4 Å². The summed E-state index contributed by atoms with van der Waals surface area (Å²) in [6, 6.07) is 5.04. The van der Waals surface area contributed by atoms with Crippen molar-refractivity contribution >= 4 is 47.2 Å². The Morgan fingerprint density at radius 3 is 2.41 bits per heavy atom. The number of esters is 1. The molecular weight excluding hydrogens is 528 g/mol. The van der Waals surface area contributed by atoms with Gasteiger partial charge in [0, 0.05) is 45.2 Å². The fourth-order valence-electron chi connectivity index (χ4n) is 4.98. The van der Waals surface area contributed by atoms with Crippen molar-refractivity contribution in [3.05, 3.63) is 30.0 Å². The lowest BCUT2D eigenvalue weighted by Crippen LogP contribution is -2.39. The van der Waals surface area contributed by atoms with Crippen molar-refractivity contribution in [2.24, 2.45) is 5.41 Å². The van der Waals surface area contributed by atoms with Gasteiger partial charge in [-0.25, -0.2) is 18.7 Å². The highest BCUT2D eigenvalue weighted by Crippen LogP contribution is 2.54. The number of carbonyl (C=O) groups excluding carboxylic acids is 2. The van der Waals surface area contributed by atoms with Gasteiger partial charge in [0.2, 0.25) is 5.95 Å². The van der Waals surface area contributed by atoms with Gasteiger partial charge in [-0.2, -0.15) is 4.98 Å². The number of alkyl halides is 2. The van der Waals surface area contributed by atoms with Crippen molar-refractivity contribution in [2.45, 2.75) is 51.4 Å². The smallest absolute Gasteiger partial charge is 0.317 e. The lowest BCUT2D eigenvalue weighted by atomic mass is 9.93. The van der Waals surface area contributed by atoms with Crippen LogP contribution in [0, 0.1) is 5.41 Å². The van der Waals surface area contributed by atoms with Gasteiger partial charge >= 0.3 is 5.97 Å². The van der Waals surface area contributed by atoms with Crippen LogP contribution in [0.25, 0.3) is 0 Å². The Bertz CT molecular complexity index is 1190. The molecule has 4 heterocycles. The molecule has 1 aliphatic carbocycles. The molecule has 39 heavy (non-hydrogen) atoms. The van der Waals surface area contributed by atoms with Gasteiger partial charge in [0.25, 0.3) is 11.8 Å². The van der Waals surface area contributed by atoms with E-state index in [1.807, 2.05) is 0 Å². The molecule has 3 fully saturated rings. The van der Waals surface area contributed by atoms with Gasteiger partial charge in [-0.15, -0.1) is 0 Å².